The number of ether oxygens (including phenoxy) is 1. The number of likely N-dealkylation sites (tertiary alicyclic amines) is 1. The van der Waals surface area contributed by atoms with Crippen molar-refractivity contribution in [3.05, 3.63) is 0 Å². The fourth-order valence-electron chi connectivity index (χ4n) is 2.33. The first kappa shape index (κ1) is 17.3. The van der Waals surface area contributed by atoms with Gasteiger partial charge in [0.1, 0.15) is 12.3 Å². The summed E-state index contributed by atoms with van der Waals surface area (Å²) in [6.07, 6.45) is 2.16. The molecule has 1 aliphatic heterocycles. The number of amides is 1. The van der Waals surface area contributed by atoms with Crippen molar-refractivity contribution in [3.63, 3.8) is 0 Å². The number of carbonyl (C=O) groups is 2. The zero-order valence-corrected chi connectivity index (χ0v) is 12.8. The molecule has 0 spiro atoms. The molecule has 21 heavy (non-hydrogen) atoms. The van der Waals surface area contributed by atoms with Crippen molar-refractivity contribution in [1.29, 1.82) is 0 Å². The number of aliphatic hydroxyl groups is 1. The van der Waals surface area contributed by atoms with E-state index in [4.69, 9.17) is 4.74 Å². The third-order valence-corrected chi connectivity index (χ3v) is 3.32. The van der Waals surface area contributed by atoms with Gasteiger partial charge in [-0.3, -0.25) is 14.8 Å². The van der Waals surface area contributed by atoms with Crippen LogP contribution < -0.4 is 0 Å². The third-order valence-electron chi connectivity index (χ3n) is 3.32. The van der Waals surface area contributed by atoms with Crippen LogP contribution in [0, 0.1) is 0 Å². The highest BCUT2D eigenvalue weighted by Gasteiger charge is 2.37. The Hall–Kier alpha value is -1.76. The van der Waals surface area contributed by atoms with Crippen LogP contribution in [-0.4, -0.2) is 66.8 Å². The number of rotatable bonds is 6. The molecule has 1 amide bonds. The lowest BCUT2D eigenvalue weighted by Crippen LogP contribution is -2.54. The molecule has 0 saturated carbocycles. The maximum absolute atomic E-state index is 12.2. The van der Waals surface area contributed by atoms with E-state index in [-0.39, 0.29) is 18.9 Å². The Labute approximate surface area is 124 Å². The molecule has 118 valence electrons. The van der Waals surface area contributed by atoms with Crippen LogP contribution in [0.5, 0.6) is 0 Å². The van der Waals surface area contributed by atoms with E-state index in [1.165, 1.54) is 11.1 Å². The molecule has 7 heteroatoms. The van der Waals surface area contributed by atoms with Gasteiger partial charge in [-0.2, -0.15) is 0 Å². The van der Waals surface area contributed by atoms with E-state index in [2.05, 4.69) is 9.98 Å². The minimum atomic E-state index is -0.961. The summed E-state index contributed by atoms with van der Waals surface area (Å²) in [5, 5.41) is 10.1. The molecule has 0 aromatic carbocycles. The summed E-state index contributed by atoms with van der Waals surface area (Å²) in [6.45, 7) is 1.92. The second-order valence-corrected chi connectivity index (χ2v) is 4.75. The van der Waals surface area contributed by atoms with Crippen molar-refractivity contribution in [3.8, 4) is 0 Å². The standard InChI is InChI=1S/C14H23N3O4/c1-4-21-14(20)11(8-10(16-3)9-15-2)17-12(18)6-5-7-13(17)19/h9,11-12,18H,4-8H2,1-3H3. The normalized spacial score (nSPS) is 21.7. The molecular weight excluding hydrogens is 274 g/mol. The summed E-state index contributed by atoms with van der Waals surface area (Å²) in [5.41, 5.74) is 0.570. The van der Waals surface area contributed by atoms with Gasteiger partial charge in [0.15, 0.2) is 0 Å². The van der Waals surface area contributed by atoms with Crippen molar-refractivity contribution in [1.82, 2.24) is 4.90 Å². The van der Waals surface area contributed by atoms with E-state index >= 15 is 0 Å². The molecule has 1 fully saturated rings. The Balaban J connectivity index is 3.00. The molecule has 1 aliphatic rings. The molecule has 0 radical (unpaired) electrons. The van der Waals surface area contributed by atoms with Gasteiger partial charge in [-0.1, -0.05) is 0 Å². The fraction of sp³-hybridized carbons (Fsp3) is 0.714. The average Bonchev–Trinajstić information content (AvgIpc) is 2.45. The van der Waals surface area contributed by atoms with Crippen molar-refractivity contribution in [2.24, 2.45) is 9.98 Å². The molecule has 1 rings (SSSR count). The molecule has 0 aromatic heterocycles. The summed E-state index contributed by atoms with van der Waals surface area (Å²) in [5.74, 6) is -0.770. The molecule has 0 aromatic rings. The van der Waals surface area contributed by atoms with Crippen LogP contribution in [0.15, 0.2) is 9.98 Å². The second-order valence-electron chi connectivity index (χ2n) is 4.75. The van der Waals surface area contributed by atoms with Crippen molar-refractivity contribution in [2.45, 2.75) is 44.9 Å². The maximum atomic E-state index is 12.2. The Morgan fingerprint density at radius 1 is 1.57 bits per heavy atom. The van der Waals surface area contributed by atoms with Crippen LogP contribution in [0.4, 0.5) is 0 Å². The van der Waals surface area contributed by atoms with Crippen LogP contribution in [0.3, 0.4) is 0 Å². The summed E-state index contributed by atoms with van der Waals surface area (Å²) in [6, 6.07) is -0.871. The van der Waals surface area contributed by atoms with E-state index in [0.717, 1.165) is 0 Å². The first-order valence-corrected chi connectivity index (χ1v) is 7.08. The van der Waals surface area contributed by atoms with Gasteiger partial charge in [0.05, 0.1) is 12.3 Å². The lowest BCUT2D eigenvalue weighted by molar-refractivity contribution is -0.167. The molecule has 0 bridgehead atoms. The van der Waals surface area contributed by atoms with Gasteiger partial charge in [0.2, 0.25) is 5.91 Å². The van der Waals surface area contributed by atoms with E-state index in [1.54, 1.807) is 21.0 Å². The molecular formula is C14H23N3O4. The molecule has 7 nitrogen and oxygen atoms in total. The highest BCUT2D eigenvalue weighted by molar-refractivity contribution is 6.31. The highest BCUT2D eigenvalue weighted by Crippen LogP contribution is 2.22. The Bertz CT molecular complexity index is 434. The predicted molar refractivity (Wildman–Crippen MR) is 79.5 cm³/mol. The lowest BCUT2D eigenvalue weighted by Gasteiger charge is -2.37. The van der Waals surface area contributed by atoms with Crippen LogP contribution in [0.2, 0.25) is 0 Å². The Morgan fingerprint density at radius 2 is 2.29 bits per heavy atom. The molecule has 2 unspecified atom stereocenters. The third kappa shape index (κ3) is 4.63. The maximum Gasteiger partial charge on any atom is 0.329 e. The van der Waals surface area contributed by atoms with Gasteiger partial charge in [-0.05, 0) is 19.8 Å². The summed E-state index contributed by atoms with van der Waals surface area (Å²) < 4.78 is 5.03. The topological polar surface area (TPSA) is 91.6 Å². The first-order chi connectivity index (χ1) is 10.0. The molecule has 1 heterocycles. The monoisotopic (exact) mass is 297 g/mol. The van der Waals surface area contributed by atoms with Gasteiger partial charge in [-0.25, -0.2) is 4.79 Å². The average molecular weight is 297 g/mol. The van der Waals surface area contributed by atoms with E-state index in [1.807, 2.05) is 0 Å². The summed E-state index contributed by atoms with van der Waals surface area (Å²) >= 11 is 0. The molecule has 1 saturated heterocycles. The largest absolute Gasteiger partial charge is 0.464 e. The molecule has 2 atom stereocenters. The van der Waals surface area contributed by atoms with Crippen molar-refractivity contribution >= 4 is 23.8 Å². The molecule has 1 N–H and O–H groups in total. The summed E-state index contributed by atoms with van der Waals surface area (Å²) in [4.78, 5) is 33.4. The fourth-order valence-corrected chi connectivity index (χ4v) is 2.33. The van der Waals surface area contributed by atoms with Crippen LogP contribution in [0.25, 0.3) is 0 Å². The number of aliphatic imine (C=N–C) groups is 2. The predicted octanol–water partition coefficient (Wildman–Crippen LogP) is 0.410. The Kier molecular flexibility index (Phi) is 7.01. The zero-order chi connectivity index (χ0) is 15.8. The number of esters is 1. The SMILES string of the molecule is CCOC(=O)C(CC(C=NC)=NC)N1C(=O)CCCC1O. The van der Waals surface area contributed by atoms with Crippen molar-refractivity contribution < 1.29 is 19.4 Å². The van der Waals surface area contributed by atoms with Crippen LogP contribution in [0.1, 0.15) is 32.6 Å². The van der Waals surface area contributed by atoms with Gasteiger partial charge < -0.3 is 14.7 Å². The number of hydrogen-bond donors (Lipinski definition) is 1. The van der Waals surface area contributed by atoms with Gasteiger partial charge in [-0.15, -0.1) is 0 Å². The Morgan fingerprint density at radius 3 is 2.81 bits per heavy atom. The first-order valence-electron chi connectivity index (χ1n) is 7.08. The number of hydrogen-bond acceptors (Lipinski definition) is 6. The molecule has 0 aliphatic carbocycles. The van der Waals surface area contributed by atoms with Crippen LogP contribution >= 0.6 is 0 Å². The smallest absolute Gasteiger partial charge is 0.329 e. The minimum Gasteiger partial charge on any atom is -0.464 e. The number of carbonyl (C=O) groups excluding carboxylic acids is 2. The number of nitrogens with zero attached hydrogens (tertiary/aromatic N) is 3. The van der Waals surface area contributed by atoms with Gasteiger partial charge >= 0.3 is 5.97 Å². The van der Waals surface area contributed by atoms with E-state index in [0.29, 0.717) is 25.0 Å². The second kappa shape index (κ2) is 8.51. The van der Waals surface area contributed by atoms with Crippen molar-refractivity contribution in [2.75, 3.05) is 20.7 Å². The zero-order valence-electron chi connectivity index (χ0n) is 12.8. The summed E-state index contributed by atoms with van der Waals surface area (Å²) in [7, 11) is 3.19. The lowest BCUT2D eigenvalue weighted by atomic mass is 10.0. The van der Waals surface area contributed by atoms with Crippen LogP contribution in [-0.2, 0) is 14.3 Å². The number of piperidine rings is 1. The van der Waals surface area contributed by atoms with Gasteiger partial charge in [0, 0.05) is 33.2 Å². The van der Waals surface area contributed by atoms with E-state index in [9.17, 15) is 14.7 Å². The van der Waals surface area contributed by atoms with E-state index < -0.39 is 18.2 Å². The number of aliphatic hydroxyl groups excluding tert-OH is 1. The minimum absolute atomic E-state index is 0.176. The van der Waals surface area contributed by atoms with Gasteiger partial charge in [0.25, 0.3) is 0 Å². The quantitative estimate of drug-likeness (QED) is 0.568. The highest BCUT2D eigenvalue weighted by atomic mass is 16.5.